The molecule has 0 spiro atoms. The third-order valence-electron chi connectivity index (χ3n) is 4.74. The van der Waals surface area contributed by atoms with Gasteiger partial charge in [0, 0.05) is 43.8 Å². The lowest BCUT2D eigenvalue weighted by Crippen LogP contribution is -2.47. The quantitative estimate of drug-likeness (QED) is 0.772. The number of para-hydroxylation sites is 1. The predicted octanol–water partition coefficient (Wildman–Crippen LogP) is 2.46. The van der Waals surface area contributed by atoms with Crippen LogP contribution >= 0.6 is 0 Å². The number of nitrogens with zero attached hydrogens (tertiary/aromatic N) is 5. The molecule has 1 fully saturated rings. The molecule has 0 unspecified atom stereocenters. The van der Waals surface area contributed by atoms with E-state index < -0.39 is 0 Å². The molecule has 0 radical (unpaired) electrons. The molecule has 1 amide bonds. The van der Waals surface area contributed by atoms with Crippen molar-refractivity contribution in [3.05, 3.63) is 54.1 Å². The molecule has 0 aliphatic carbocycles. The van der Waals surface area contributed by atoms with Gasteiger partial charge in [0.15, 0.2) is 0 Å². The molecular weight excluding hydrogens is 340 g/mol. The maximum Gasteiger partial charge on any atom is 0.272 e. The van der Waals surface area contributed by atoms with Gasteiger partial charge >= 0.3 is 0 Å². The molecule has 3 heterocycles. The number of aromatic nitrogens is 3. The minimum Gasteiger partial charge on any atom is -0.338 e. The lowest BCUT2D eigenvalue weighted by Gasteiger charge is -2.32. The first-order valence-electron chi connectivity index (χ1n) is 9.04. The van der Waals surface area contributed by atoms with Gasteiger partial charge in [0.05, 0.1) is 11.2 Å². The fourth-order valence-electron chi connectivity index (χ4n) is 3.26. The van der Waals surface area contributed by atoms with Crippen LogP contribution in [0.5, 0.6) is 0 Å². The minimum absolute atomic E-state index is 0.0484. The number of likely N-dealkylation sites (N-methyl/N-ethyl adjacent to an activating group) is 1. The molecule has 138 valence electrons. The number of benzene rings is 1. The largest absolute Gasteiger partial charge is 0.338 e. The fraction of sp³-hybridized carbons (Fsp3) is 0.300. The summed E-state index contributed by atoms with van der Waals surface area (Å²) in [6.45, 7) is 4.99. The Kier molecular flexibility index (Phi) is 4.68. The average Bonchev–Trinajstić information content (AvgIpc) is 2.68. The first-order valence-corrected chi connectivity index (χ1v) is 9.04. The van der Waals surface area contributed by atoms with Crippen LogP contribution < -0.4 is 5.32 Å². The molecule has 0 saturated carbocycles. The van der Waals surface area contributed by atoms with Crippen LogP contribution in [0.25, 0.3) is 10.9 Å². The maximum atomic E-state index is 12.9. The third kappa shape index (κ3) is 3.73. The van der Waals surface area contributed by atoms with Crippen LogP contribution in [0.15, 0.2) is 42.6 Å². The molecule has 4 rings (SSSR count). The van der Waals surface area contributed by atoms with E-state index in [1.54, 1.807) is 19.2 Å². The Labute approximate surface area is 158 Å². The molecule has 3 aromatic rings. The zero-order chi connectivity index (χ0) is 18.8. The molecule has 1 aliphatic heterocycles. The molecule has 7 heteroatoms. The number of fused-ring (bicyclic) bond motifs is 1. The Balaban J connectivity index is 1.61. The molecule has 0 atom stereocenters. The van der Waals surface area contributed by atoms with Gasteiger partial charge in [-0.15, -0.1) is 0 Å². The van der Waals surface area contributed by atoms with Crippen molar-refractivity contribution in [3.63, 3.8) is 0 Å². The molecule has 2 aromatic heterocycles. The van der Waals surface area contributed by atoms with Crippen molar-refractivity contribution < 1.29 is 4.79 Å². The second-order valence-electron chi connectivity index (χ2n) is 6.79. The van der Waals surface area contributed by atoms with E-state index in [2.05, 4.69) is 32.2 Å². The van der Waals surface area contributed by atoms with Crippen molar-refractivity contribution in [2.75, 3.05) is 38.5 Å². The van der Waals surface area contributed by atoms with Gasteiger partial charge in [0.1, 0.15) is 17.3 Å². The number of carbonyl (C=O) groups is 1. The number of hydrogen-bond donors (Lipinski definition) is 1. The van der Waals surface area contributed by atoms with Crippen molar-refractivity contribution in [1.29, 1.82) is 0 Å². The number of aryl methyl sites for hydroxylation is 1. The van der Waals surface area contributed by atoms with Crippen molar-refractivity contribution in [3.8, 4) is 0 Å². The summed E-state index contributed by atoms with van der Waals surface area (Å²) in [5.74, 6) is 1.11. The highest BCUT2D eigenvalue weighted by molar-refractivity contribution is 5.94. The van der Waals surface area contributed by atoms with E-state index in [4.69, 9.17) is 0 Å². The van der Waals surface area contributed by atoms with Crippen molar-refractivity contribution in [1.82, 2.24) is 24.8 Å². The lowest BCUT2D eigenvalue weighted by molar-refractivity contribution is 0.0658. The summed E-state index contributed by atoms with van der Waals surface area (Å²) in [5, 5.41) is 4.34. The summed E-state index contributed by atoms with van der Waals surface area (Å²) in [7, 11) is 2.07. The number of hydrogen-bond acceptors (Lipinski definition) is 6. The van der Waals surface area contributed by atoms with Crippen molar-refractivity contribution >= 4 is 28.3 Å². The van der Waals surface area contributed by atoms with Gasteiger partial charge < -0.3 is 15.1 Å². The third-order valence-corrected chi connectivity index (χ3v) is 4.74. The van der Waals surface area contributed by atoms with E-state index >= 15 is 0 Å². The Bertz CT molecular complexity index is 976. The monoisotopic (exact) mass is 362 g/mol. The van der Waals surface area contributed by atoms with Gasteiger partial charge in [0.2, 0.25) is 0 Å². The van der Waals surface area contributed by atoms with Gasteiger partial charge in [-0.1, -0.05) is 18.2 Å². The zero-order valence-corrected chi connectivity index (χ0v) is 15.5. The molecule has 27 heavy (non-hydrogen) atoms. The topological polar surface area (TPSA) is 74.2 Å². The smallest absolute Gasteiger partial charge is 0.272 e. The maximum absolute atomic E-state index is 12.9. The van der Waals surface area contributed by atoms with Crippen LogP contribution in [-0.4, -0.2) is 63.9 Å². The number of amides is 1. The minimum atomic E-state index is -0.0484. The van der Waals surface area contributed by atoms with Gasteiger partial charge in [-0.05, 0) is 26.1 Å². The van der Waals surface area contributed by atoms with Crippen LogP contribution in [0, 0.1) is 6.92 Å². The van der Waals surface area contributed by atoms with Gasteiger partial charge in [-0.3, -0.25) is 9.78 Å². The van der Waals surface area contributed by atoms with Gasteiger partial charge in [-0.2, -0.15) is 0 Å². The first-order chi connectivity index (χ1) is 13.1. The summed E-state index contributed by atoms with van der Waals surface area (Å²) >= 11 is 0. The number of anilines is 2. The molecular formula is C20H22N6O. The zero-order valence-electron chi connectivity index (χ0n) is 15.5. The number of piperazine rings is 1. The number of carbonyl (C=O) groups excluding carboxylic acids is 1. The van der Waals surface area contributed by atoms with Crippen LogP contribution in [0.2, 0.25) is 0 Å². The summed E-state index contributed by atoms with van der Waals surface area (Å²) in [5.41, 5.74) is 2.13. The number of rotatable bonds is 3. The lowest BCUT2D eigenvalue weighted by atomic mass is 10.2. The van der Waals surface area contributed by atoms with Crippen molar-refractivity contribution in [2.24, 2.45) is 0 Å². The Hall–Kier alpha value is -3.06. The fourth-order valence-corrected chi connectivity index (χ4v) is 3.26. The van der Waals surface area contributed by atoms with Crippen LogP contribution in [0.1, 0.15) is 16.3 Å². The van der Waals surface area contributed by atoms with Crippen molar-refractivity contribution in [2.45, 2.75) is 6.92 Å². The van der Waals surface area contributed by atoms with E-state index in [-0.39, 0.29) is 5.91 Å². The number of pyridine rings is 1. The summed E-state index contributed by atoms with van der Waals surface area (Å²) < 4.78 is 0. The second kappa shape index (κ2) is 7.28. The first kappa shape index (κ1) is 17.4. The SMILES string of the molecule is Cc1nc(Nc2cccc3cccnc23)cc(C(=O)N2CCN(C)CC2)n1. The Morgan fingerprint density at radius 2 is 1.85 bits per heavy atom. The van der Waals surface area contributed by atoms with Crippen LogP contribution in [0.3, 0.4) is 0 Å². The van der Waals surface area contributed by atoms with Gasteiger partial charge in [0.25, 0.3) is 5.91 Å². The average molecular weight is 362 g/mol. The molecule has 0 bridgehead atoms. The number of nitrogens with one attached hydrogen (secondary N) is 1. The highest BCUT2D eigenvalue weighted by Crippen LogP contribution is 2.24. The van der Waals surface area contributed by atoms with E-state index in [1.807, 2.05) is 35.2 Å². The molecule has 1 aromatic carbocycles. The molecule has 1 N–H and O–H groups in total. The van der Waals surface area contributed by atoms with E-state index in [0.717, 1.165) is 29.7 Å². The summed E-state index contributed by atoms with van der Waals surface area (Å²) in [6, 6.07) is 11.6. The van der Waals surface area contributed by atoms with E-state index in [1.165, 1.54) is 0 Å². The Morgan fingerprint density at radius 1 is 1.07 bits per heavy atom. The molecule has 1 aliphatic rings. The van der Waals surface area contributed by atoms with Crippen LogP contribution in [-0.2, 0) is 0 Å². The Morgan fingerprint density at radius 3 is 2.67 bits per heavy atom. The van der Waals surface area contributed by atoms with Gasteiger partial charge in [-0.25, -0.2) is 9.97 Å². The highest BCUT2D eigenvalue weighted by atomic mass is 16.2. The predicted molar refractivity (Wildman–Crippen MR) is 105 cm³/mol. The summed E-state index contributed by atoms with van der Waals surface area (Å²) in [4.78, 5) is 30.2. The van der Waals surface area contributed by atoms with Crippen LogP contribution in [0.4, 0.5) is 11.5 Å². The standard InChI is InChI=1S/C20H22N6O/c1-14-22-17(20(27)26-11-9-25(2)10-12-26)13-18(23-14)24-16-7-3-5-15-6-4-8-21-19(15)16/h3-8,13H,9-12H2,1-2H3,(H,22,23,24). The summed E-state index contributed by atoms with van der Waals surface area (Å²) in [6.07, 6.45) is 1.76. The highest BCUT2D eigenvalue weighted by Gasteiger charge is 2.22. The normalized spacial score (nSPS) is 15.1. The molecule has 1 saturated heterocycles. The second-order valence-corrected chi connectivity index (χ2v) is 6.79. The molecule has 7 nitrogen and oxygen atoms in total. The van der Waals surface area contributed by atoms with E-state index in [9.17, 15) is 4.79 Å². The van der Waals surface area contributed by atoms with E-state index in [0.29, 0.717) is 30.4 Å².